The Hall–Kier alpha value is -0.240. The van der Waals surface area contributed by atoms with Crippen LogP contribution in [-0.2, 0) is 4.79 Å². The van der Waals surface area contributed by atoms with E-state index in [1.165, 1.54) is 19.3 Å². The third-order valence-electron chi connectivity index (χ3n) is 3.29. The number of carbonyl (C=O) groups is 1. The molecule has 1 amide bonds. The highest BCUT2D eigenvalue weighted by Gasteiger charge is 2.36. The van der Waals surface area contributed by atoms with Gasteiger partial charge in [-0.05, 0) is 26.7 Å². The maximum absolute atomic E-state index is 12.1. The van der Waals surface area contributed by atoms with Crippen molar-refractivity contribution in [2.45, 2.75) is 58.4 Å². The van der Waals surface area contributed by atoms with E-state index in [9.17, 15) is 4.79 Å². The lowest BCUT2D eigenvalue weighted by molar-refractivity contribution is -0.133. The minimum Gasteiger partial charge on any atom is -0.350 e. The van der Waals surface area contributed by atoms with Gasteiger partial charge in [-0.1, -0.05) is 26.2 Å². The van der Waals surface area contributed by atoms with Crippen LogP contribution in [0.3, 0.4) is 0 Å². The molecule has 0 heterocycles. The van der Waals surface area contributed by atoms with Crippen molar-refractivity contribution >= 4 is 17.5 Å². The van der Waals surface area contributed by atoms with Crippen molar-refractivity contribution in [1.82, 2.24) is 5.32 Å². The maximum Gasteiger partial charge on any atom is 0.226 e. The Kier molecular flexibility index (Phi) is 4.05. The first-order chi connectivity index (χ1) is 6.90. The number of nitrogens with one attached hydrogen (secondary N) is 1. The summed E-state index contributed by atoms with van der Waals surface area (Å²) in [6.07, 6.45) is 5.63. The van der Waals surface area contributed by atoms with E-state index < -0.39 is 0 Å². The summed E-state index contributed by atoms with van der Waals surface area (Å²) < 4.78 is 0. The SMILES string of the molecule is CC(C)(CCl)NC(=O)C1(C)CCCCC1. The lowest BCUT2D eigenvalue weighted by Crippen LogP contribution is -2.51. The quantitative estimate of drug-likeness (QED) is 0.744. The fourth-order valence-corrected chi connectivity index (χ4v) is 2.12. The smallest absolute Gasteiger partial charge is 0.226 e. The predicted octanol–water partition coefficient (Wildman–Crippen LogP) is 3.09. The van der Waals surface area contributed by atoms with Crippen molar-refractivity contribution in [3.05, 3.63) is 0 Å². The fraction of sp³-hybridized carbons (Fsp3) is 0.917. The number of rotatable bonds is 3. The zero-order valence-electron chi connectivity index (χ0n) is 10.0. The molecule has 0 unspecified atom stereocenters. The second-order valence-electron chi connectivity index (χ2n) is 5.59. The van der Waals surface area contributed by atoms with E-state index in [2.05, 4.69) is 12.2 Å². The van der Waals surface area contributed by atoms with E-state index in [1.807, 2.05) is 13.8 Å². The Labute approximate surface area is 97.8 Å². The Balaban J connectivity index is 2.59. The molecule has 0 aromatic carbocycles. The molecule has 0 radical (unpaired) electrons. The third kappa shape index (κ3) is 3.37. The summed E-state index contributed by atoms with van der Waals surface area (Å²) in [6, 6.07) is 0. The van der Waals surface area contributed by atoms with Crippen molar-refractivity contribution in [2.75, 3.05) is 5.88 Å². The normalized spacial score (nSPS) is 21.1. The number of carbonyl (C=O) groups excluding carboxylic acids is 1. The number of halogens is 1. The van der Waals surface area contributed by atoms with Crippen LogP contribution >= 0.6 is 11.6 Å². The van der Waals surface area contributed by atoms with Crippen molar-refractivity contribution in [1.29, 1.82) is 0 Å². The van der Waals surface area contributed by atoms with Gasteiger partial charge in [0, 0.05) is 16.8 Å². The summed E-state index contributed by atoms with van der Waals surface area (Å²) >= 11 is 5.81. The Morgan fingerprint density at radius 1 is 1.33 bits per heavy atom. The highest BCUT2D eigenvalue weighted by molar-refractivity contribution is 6.18. The van der Waals surface area contributed by atoms with Gasteiger partial charge in [0.2, 0.25) is 5.91 Å². The van der Waals surface area contributed by atoms with Crippen molar-refractivity contribution in [3.63, 3.8) is 0 Å². The molecule has 1 N–H and O–H groups in total. The molecule has 0 aromatic heterocycles. The molecular weight excluding hydrogens is 210 g/mol. The molecule has 0 bridgehead atoms. The molecular formula is C12H22ClNO. The molecule has 1 aliphatic carbocycles. The summed E-state index contributed by atoms with van der Waals surface area (Å²) in [5.74, 6) is 0.627. The topological polar surface area (TPSA) is 29.1 Å². The molecule has 88 valence electrons. The van der Waals surface area contributed by atoms with Crippen LogP contribution in [0.25, 0.3) is 0 Å². The van der Waals surface area contributed by atoms with Crippen LogP contribution in [-0.4, -0.2) is 17.3 Å². The van der Waals surface area contributed by atoms with Crippen LogP contribution in [0.1, 0.15) is 52.9 Å². The van der Waals surface area contributed by atoms with E-state index in [0.29, 0.717) is 5.88 Å². The second-order valence-corrected chi connectivity index (χ2v) is 5.86. The molecule has 1 rings (SSSR count). The summed E-state index contributed by atoms with van der Waals surface area (Å²) in [5.41, 5.74) is -0.458. The van der Waals surface area contributed by atoms with Gasteiger partial charge in [0.25, 0.3) is 0 Å². The molecule has 0 spiro atoms. The number of hydrogen-bond acceptors (Lipinski definition) is 1. The fourth-order valence-electron chi connectivity index (χ4n) is 2.05. The Morgan fingerprint density at radius 3 is 2.33 bits per heavy atom. The zero-order valence-corrected chi connectivity index (χ0v) is 10.8. The molecule has 2 nitrogen and oxygen atoms in total. The van der Waals surface area contributed by atoms with E-state index in [1.54, 1.807) is 0 Å². The standard InChI is InChI=1S/C12H22ClNO/c1-11(2,9-13)14-10(15)12(3)7-5-4-6-8-12/h4-9H2,1-3H3,(H,14,15). The summed E-state index contributed by atoms with van der Waals surface area (Å²) in [7, 11) is 0. The van der Waals surface area contributed by atoms with E-state index in [-0.39, 0.29) is 16.9 Å². The number of hydrogen-bond donors (Lipinski definition) is 1. The highest BCUT2D eigenvalue weighted by atomic mass is 35.5. The molecule has 1 aliphatic rings. The Morgan fingerprint density at radius 2 is 1.87 bits per heavy atom. The highest BCUT2D eigenvalue weighted by Crippen LogP contribution is 2.36. The molecule has 0 atom stereocenters. The van der Waals surface area contributed by atoms with Gasteiger partial charge in [-0.2, -0.15) is 0 Å². The van der Waals surface area contributed by atoms with Gasteiger partial charge in [0.15, 0.2) is 0 Å². The average molecular weight is 232 g/mol. The van der Waals surface area contributed by atoms with Crippen molar-refractivity contribution in [3.8, 4) is 0 Å². The first-order valence-corrected chi connectivity index (χ1v) is 6.32. The Bertz CT molecular complexity index is 232. The number of amides is 1. The van der Waals surface area contributed by atoms with E-state index in [4.69, 9.17) is 11.6 Å². The molecule has 0 aliphatic heterocycles. The zero-order chi connectivity index (χ0) is 11.5. The van der Waals surface area contributed by atoms with E-state index in [0.717, 1.165) is 12.8 Å². The maximum atomic E-state index is 12.1. The molecule has 0 saturated heterocycles. The summed E-state index contributed by atoms with van der Waals surface area (Å²) in [4.78, 5) is 12.1. The van der Waals surface area contributed by atoms with Gasteiger partial charge in [-0.3, -0.25) is 4.79 Å². The molecule has 0 aromatic rings. The van der Waals surface area contributed by atoms with Crippen molar-refractivity contribution in [2.24, 2.45) is 5.41 Å². The summed E-state index contributed by atoms with van der Waals surface area (Å²) in [6.45, 7) is 6.00. The lowest BCUT2D eigenvalue weighted by Gasteiger charge is -2.35. The minimum absolute atomic E-state index is 0.165. The lowest BCUT2D eigenvalue weighted by atomic mass is 9.74. The van der Waals surface area contributed by atoms with Crippen LogP contribution in [0.5, 0.6) is 0 Å². The van der Waals surface area contributed by atoms with Crippen molar-refractivity contribution < 1.29 is 4.79 Å². The van der Waals surface area contributed by atoms with Crippen LogP contribution in [0.2, 0.25) is 0 Å². The van der Waals surface area contributed by atoms with Crippen LogP contribution in [0.15, 0.2) is 0 Å². The van der Waals surface area contributed by atoms with Crippen LogP contribution in [0.4, 0.5) is 0 Å². The second kappa shape index (κ2) is 4.73. The van der Waals surface area contributed by atoms with Gasteiger partial charge >= 0.3 is 0 Å². The number of alkyl halides is 1. The third-order valence-corrected chi connectivity index (χ3v) is 3.96. The first kappa shape index (κ1) is 12.8. The monoisotopic (exact) mass is 231 g/mol. The van der Waals surface area contributed by atoms with Gasteiger partial charge in [0.1, 0.15) is 0 Å². The van der Waals surface area contributed by atoms with Gasteiger partial charge in [-0.15, -0.1) is 11.6 Å². The summed E-state index contributed by atoms with van der Waals surface area (Å²) in [5, 5.41) is 3.05. The average Bonchev–Trinajstić information content (AvgIpc) is 2.18. The predicted molar refractivity (Wildman–Crippen MR) is 64.1 cm³/mol. The van der Waals surface area contributed by atoms with E-state index >= 15 is 0 Å². The van der Waals surface area contributed by atoms with Gasteiger partial charge < -0.3 is 5.32 Å². The first-order valence-electron chi connectivity index (χ1n) is 5.78. The minimum atomic E-state index is -0.293. The van der Waals surface area contributed by atoms with Gasteiger partial charge in [-0.25, -0.2) is 0 Å². The largest absolute Gasteiger partial charge is 0.350 e. The van der Waals surface area contributed by atoms with Crippen LogP contribution in [0, 0.1) is 5.41 Å². The molecule has 15 heavy (non-hydrogen) atoms. The molecule has 1 saturated carbocycles. The van der Waals surface area contributed by atoms with Crippen LogP contribution < -0.4 is 5.32 Å². The van der Waals surface area contributed by atoms with Gasteiger partial charge in [0.05, 0.1) is 0 Å². The molecule has 3 heteroatoms. The molecule has 1 fully saturated rings.